The number of rotatable bonds is 11. The van der Waals surface area contributed by atoms with Crippen LogP contribution in [-0.4, -0.2) is 74.4 Å². The van der Waals surface area contributed by atoms with Crippen molar-refractivity contribution >= 4 is 38.0 Å². The highest BCUT2D eigenvalue weighted by atomic mass is 32.2. The van der Waals surface area contributed by atoms with Crippen molar-refractivity contribution in [3.05, 3.63) is 100 Å². The molecular weight excluding hydrogens is 542 g/mol. The van der Waals surface area contributed by atoms with Gasteiger partial charge in [0.2, 0.25) is 15.9 Å². The summed E-state index contributed by atoms with van der Waals surface area (Å²) in [6, 6.07) is 26.8. The molecule has 1 aliphatic rings. The first-order chi connectivity index (χ1) is 19.4. The van der Waals surface area contributed by atoms with Crippen LogP contribution >= 0.6 is 11.3 Å². The molecule has 9 heteroatoms. The molecule has 210 valence electrons. The zero-order valence-corrected chi connectivity index (χ0v) is 24.4. The first-order valence-corrected chi connectivity index (χ1v) is 15.8. The Morgan fingerprint density at radius 2 is 1.62 bits per heavy atom. The van der Waals surface area contributed by atoms with Gasteiger partial charge in [0.1, 0.15) is 0 Å². The van der Waals surface area contributed by atoms with Gasteiger partial charge in [0.15, 0.2) is 0 Å². The molecule has 3 aromatic carbocycles. The van der Waals surface area contributed by atoms with Gasteiger partial charge in [0.05, 0.1) is 31.2 Å². The fourth-order valence-corrected chi connectivity index (χ4v) is 7.21. The third kappa shape index (κ3) is 7.16. The topological polar surface area (TPSA) is 70.2 Å². The van der Waals surface area contributed by atoms with Gasteiger partial charge in [-0.1, -0.05) is 60.7 Å². The molecule has 1 fully saturated rings. The van der Waals surface area contributed by atoms with Crippen molar-refractivity contribution in [3.63, 3.8) is 0 Å². The van der Waals surface area contributed by atoms with Crippen LogP contribution in [0.1, 0.15) is 15.3 Å². The van der Waals surface area contributed by atoms with Crippen LogP contribution in [0.15, 0.2) is 89.8 Å². The highest BCUT2D eigenvalue weighted by Gasteiger charge is 2.30. The van der Waals surface area contributed by atoms with E-state index >= 15 is 0 Å². The SMILES string of the molecule is Cc1ccc(CN(Cc2ccccc2)C(=O)CN(CCN2CCOCC2)S(=O)(=O)c2ccc3ccccc3c2)s1. The number of carbonyl (C=O) groups excluding carboxylic acids is 1. The normalized spacial score (nSPS) is 14.6. The second-order valence-corrected chi connectivity index (χ2v) is 13.4. The largest absolute Gasteiger partial charge is 0.379 e. The zero-order chi connectivity index (χ0) is 28.0. The summed E-state index contributed by atoms with van der Waals surface area (Å²) in [5.74, 6) is -0.221. The van der Waals surface area contributed by atoms with Gasteiger partial charge in [0, 0.05) is 42.5 Å². The van der Waals surface area contributed by atoms with Crippen LogP contribution < -0.4 is 0 Å². The summed E-state index contributed by atoms with van der Waals surface area (Å²) >= 11 is 1.65. The van der Waals surface area contributed by atoms with Crippen LogP contribution in [0.5, 0.6) is 0 Å². The first kappa shape index (κ1) is 28.4. The Hall–Kier alpha value is -3.08. The zero-order valence-electron chi connectivity index (χ0n) is 22.7. The summed E-state index contributed by atoms with van der Waals surface area (Å²) in [7, 11) is -3.93. The minimum absolute atomic E-state index is 0.199. The average molecular weight is 578 g/mol. The van der Waals surface area contributed by atoms with E-state index in [1.165, 1.54) is 9.18 Å². The summed E-state index contributed by atoms with van der Waals surface area (Å²) < 4.78 is 34.9. The molecule has 0 aliphatic carbocycles. The lowest BCUT2D eigenvalue weighted by Crippen LogP contribution is -2.46. The molecule has 0 N–H and O–H groups in total. The fraction of sp³-hybridized carbons (Fsp3) is 0.323. The van der Waals surface area contributed by atoms with Gasteiger partial charge in [-0.2, -0.15) is 4.31 Å². The summed E-state index contributed by atoms with van der Waals surface area (Å²) in [5, 5.41) is 1.82. The molecule has 7 nitrogen and oxygen atoms in total. The van der Waals surface area contributed by atoms with Gasteiger partial charge in [-0.05, 0) is 47.5 Å². The van der Waals surface area contributed by atoms with Crippen molar-refractivity contribution in [1.29, 1.82) is 0 Å². The van der Waals surface area contributed by atoms with E-state index in [1.54, 1.807) is 28.4 Å². The third-order valence-corrected chi connectivity index (χ3v) is 9.98. The van der Waals surface area contributed by atoms with Gasteiger partial charge < -0.3 is 9.64 Å². The van der Waals surface area contributed by atoms with Crippen LogP contribution in [0.25, 0.3) is 10.8 Å². The third-order valence-electron chi connectivity index (χ3n) is 7.15. The predicted molar refractivity (Wildman–Crippen MR) is 160 cm³/mol. The maximum atomic E-state index is 14.0. The van der Waals surface area contributed by atoms with E-state index in [4.69, 9.17) is 4.74 Å². The molecule has 0 unspecified atom stereocenters. The summed E-state index contributed by atoms with van der Waals surface area (Å²) in [5.41, 5.74) is 1.00. The average Bonchev–Trinajstić information content (AvgIpc) is 3.39. The number of aryl methyl sites for hydroxylation is 1. The van der Waals surface area contributed by atoms with E-state index in [0.29, 0.717) is 32.8 Å². The fourth-order valence-electron chi connectivity index (χ4n) is 4.88. The Kier molecular flexibility index (Phi) is 9.29. The Balaban J connectivity index is 1.42. The number of thiophene rings is 1. The minimum atomic E-state index is -3.93. The number of morpholine rings is 1. The predicted octanol–water partition coefficient (Wildman–Crippen LogP) is 4.76. The van der Waals surface area contributed by atoms with E-state index in [0.717, 1.165) is 34.3 Å². The minimum Gasteiger partial charge on any atom is -0.379 e. The molecule has 2 heterocycles. The Labute approximate surface area is 240 Å². The number of ether oxygens (including phenoxy) is 1. The maximum absolute atomic E-state index is 14.0. The number of sulfonamides is 1. The second kappa shape index (κ2) is 13.1. The summed E-state index contributed by atoms with van der Waals surface area (Å²) in [6.45, 7) is 6.15. The lowest BCUT2D eigenvalue weighted by atomic mass is 10.1. The van der Waals surface area contributed by atoms with Gasteiger partial charge in [0.25, 0.3) is 0 Å². The number of hydrogen-bond acceptors (Lipinski definition) is 6. The van der Waals surface area contributed by atoms with E-state index < -0.39 is 10.0 Å². The maximum Gasteiger partial charge on any atom is 0.243 e. The lowest BCUT2D eigenvalue weighted by molar-refractivity contribution is -0.132. The van der Waals surface area contributed by atoms with Crippen molar-refractivity contribution in [3.8, 4) is 0 Å². The molecule has 5 rings (SSSR count). The molecule has 4 aromatic rings. The molecule has 1 saturated heterocycles. The number of carbonyl (C=O) groups is 1. The van der Waals surface area contributed by atoms with E-state index in [2.05, 4.69) is 4.90 Å². The highest BCUT2D eigenvalue weighted by molar-refractivity contribution is 7.89. The Morgan fingerprint density at radius 3 is 2.35 bits per heavy atom. The molecule has 0 radical (unpaired) electrons. The molecule has 0 atom stereocenters. The van der Waals surface area contributed by atoms with Crippen LogP contribution in [0.2, 0.25) is 0 Å². The van der Waals surface area contributed by atoms with Crippen molar-refractivity contribution in [2.45, 2.75) is 24.9 Å². The number of nitrogens with zero attached hydrogens (tertiary/aromatic N) is 3. The summed E-state index contributed by atoms with van der Waals surface area (Å²) in [4.78, 5) is 20.3. The van der Waals surface area contributed by atoms with Gasteiger partial charge in [-0.15, -0.1) is 11.3 Å². The Morgan fingerprint density at radius 1 is 0.900 bits per heavy atom. The van der Waals surface area contributed by atoms with Crippen molar-refractivity contribution < 1.29 is 17.9 Å². The van der Waals surface area contributed by atoms with Gasteiger partial charge in [-0.3, -0.25) is 9.69 Å². The molecule has 0 bridgehead atoms. The molecular formula is C31H35N3O4S2. The Bertz CT molecular complexity index is 1530. The molecule has 1 amide bonds. The van der Waals surface area contributed by atoms with E-state index in [1.807, 2.05) is 79.7 Å². The molecule has 0 spiro atoms. The number of amides is 1. The summed E-state index contributed by atoms with van der Waals surface area (Å²) in [6.07, 6.45) is 0. The van der Waals surface area contributed by atoms with Crippen LogP contribution in [0, 0.1) is 6.92 Å². The smallest absolute Gasteiger partial charge is 0.243 e. The first-order valence-electron chi connectivity index (χ1n) is 13.5. The van der Waals surface area contributed by atoms with E-state index in [9.17, 15) is 13.2 Å². The van der Waals surface area contributed by atoms with Crippen LogP contribution in [-0.2, 0) is 32.6 Å². The number of fused-ring (bicyclic) bond motifs is 1. The van der Waals surface area contributed by atoms with E-state index in [-0.39, 0.29) is 23.9 Å². The molecule has 0 saturated carbocycles. The second-order valence-electron chi connectivity index (χ2n) is 10.0. The lowest BCUT2D eigenvalue weighted by Gasteiger charge is -2.31. The van der Waals surface area contributed by atoms with Crippen molar-refractivity contribution in [1.82, 2.24) is 14.1 Å². The highest BCUT2D eigenvalue weighted by Crippen LogP contribution is 2.23. The van der Waals surface area contributed by atoms with Gasteiger partial charge >= 0.3 is 0 Å². The number of hydrogen-bond donors (Lipinski definition) is 0. The number of benzene rings is 3. The standard InChI is InChI=1S/C31H35N3O4S2/c1-25-11-13-29(39-25)23-33(22-26-7-3-2-4-8-26)31(35)24-34(16-15-32-17-19-38-20-18-32)40(36,37)30-14-12-27-9-5-6-10-28(27)21-30/h2-14,21H,15-20,22-24H2,1H3. The quantitative estimate of drug-likeness (QED) is 0.257. The van der Waals surface area contributed by atoms with Crippen LogP contribution in [0.4, 0.5) is 0 Å². The molecule has 40 heavy (non-hydrogen) atoms. The van der Waals surface area contributed by atoms with Crippen LogP contribution in [0.3, 0.4) is 0 Å². The monoisotopic (exact) mass is 577 g/mol. The molecule has 1 aliphatic heterocycles. The van der Waals surface area contributed by atoms with Gasteiger partial charge in [-0.25, -0.2) is 8.42 Å². The van der Waals surface area contributed by atoms with Crippen molar-refractivity contribution in [2.75, 3.05) is 45.9 Å². The molecule has 1 aromatic heterocycles. The van der Waals surface area contributed by atoms with Crippen molar-refractivity contribution in [2.24, 2.45) is 0 Å².